The minimum absolute atomic E-state index is 0.00475. The van der Waals surface area contributed by atoms with Crippen molar-refractivity contribution in [2.24, 2.45) is 0 Å². The highest BCUT2D eigenvalue weighted by Crippen LogP contribution is 2.24. The van der Waals surface area contributed by atoms with Crippen molar-refractivity contribution in [1.82, 2.24) is 5.32 Å². The maximum Gasteiger partial charge on any atom is 0.251 e. The summed E-state index contributed by atoms with van der Waals surface area (Å²) in [5.74, 6) is -0.247. The first-order valence-electron chi connectivity index (χ1n) is 10.5. The number of ether oxygens (including phenoxy) is 1. The van der Waals surface area contributed by atoms with E-state index in [2.05, 4.69) is 52.2 Å². The number of hydrogen-bond donors (Lipinski definition) is 2. The molecule has 2 N–H and O–H groups in total. The summed E-state index contributed by atoms with van der Waals surface area (Å²) in [4.78, 5) is 25.5. The highest BCUT2D eigenvalue weighted by molar-refractivity contribution is 9.10. The predicted molar refractivity (Wildman–Crippen MR) is 136 cm³/mol. The molecule has 1 unspecified atom stereocenters. The number of anilines is 1. The zero-order valence-corrected chi connectivity index (χ0v) is 20.5. The van der Waals surface area contributed by atoms with E-state index in [-0.39, 0.29) is 18.2 Å². The van der Waals surface area contributed by atoms with Crippen LogP contribution in [0.1, 0.15) is 27.9 Å². The maximum absolute atomic E-state index is 12.9. The van der Waals surface area contributed by atoms with Gasteiger partial charge >= 0.3 is 0 Å². The highest BCUT2D eigenvalue weighted by Gasteiger charge is 2.21. The van der Waals surface area contributed by atoms with Crippen molar-refractivity contribution < 1.29 is 14.3 Å². The first kappa shape index (κ1) is 24.3. The van der Waals surface area contributed by atoms with Crippen LogP contribution in [0.2, 0.25) is 0 Å². The summed E-state index contributed by atoms with van der Waals surface area (Å²) >= 11 is 3.41. The first-order chi connectivity index (χ1) is 15.8. The topological polar surface area (TPSA) is 67.4 Å². The van der Waals surface area contributed by atoms with Crippen molar-refractivity contribution in [2.75, 3.05) is 12.4 Å². The Hall–Kier alpha value is -3.38. The number of carbonyl (C=O) groups excluding carboxylic acids is 2. The zero-order valence-electron chi connectivity index (χ0n) is 18.9. The number of aryl methyl sites for hydroxylation is 2. The Morgan fingerprint density at radius 1 is 1.00 bits per heavy atom. The Bertz CT molecular complexity index is 1170. The maximum atomic E-state index is 12.9. The Kier molecular flexibility index (Phi) is 8.06. The van der Waals surface area contributed by atoms with Gasteiger partial charge in [-0.15, -0.1) is 0 Å². The third-order valence-corrected chi connectivity index (χ3v) is 5.90. The molecule has 0 saturated carbocycles. The van der Waals surface area contributed by atoms with Crippen LogP contribution in [-0.2, 0) is 9.53 Å². The van der Waals surface area contributed by atoms with Crippen molar-refractivity contribution in [1.29, 1.82) is 0 Å². The Morgan fingerprint density at radius 2 is 1.70 bits per heavy atom. The van der Waals surface area contributed by atoms with E-state index >= 15 is 0 Å². The molecule has 3 aromatic rings. The molecule has 0 aromatic heterocycles. The summed E-state index contributed by atoms with van der Waals surface area (Å²) in [6, 6.07) is 20.4. The van der Waals surface area contributed by atoms with Crippen molar-refractivity contribution in [2.45, 2.75) is 26.3 Å². The van der Waals surface area contributed by atoms with Crippen LogP contribution in [0, 0.1) is 13.8 Å². The number of carbonyl (C=O) groups is 2. The fourth-order valence-corrected chi connectivity index (χ4v) is 3.96. The van der Waals surface area contributed by atoms with Crippen LogP contribution in [0.3, 0.4) is 0 Å². The first-order valence-corrected chi connectivity index (χ1v) is 11.3. The minimum atomic E-state index is -0.672. The fraction of sp³-hybridized carbons (Fsp3) is 0.185. The molecule has 1 atom stereocenters. The monoisotopic (exact) mass is 506 g/mol. The zero-order chi connectivity index (χ0) is 24.0. The van der Waals surface area contributed by atoms with Gasteiger partial charge in [0.1, 0.15) is 5.76 Å². The van der Waals surface area contributed by atoms with Crippen molar-refractivity contribution in [3.8, 4) is 11.1 Å². The second-order valence-corrected chi connectivity index (χ2v) is 8.72. The molecule has 2 amide bonds. The van der Waals surface area contributed by atoms with Gasteiger partial charge in [0.05, 0.1) is 19.6 Å². The lowest BCUT2D eigenvalue weighted by atomic mass is 9.99. The van der Waals surface area contributed by atoms with E-state index in [1.807, 2.05) is 49.4 Å². The Labute approximate surface area is 203 Å². The summed E-state index contributed by atoms with van der Waals surface area (Å²) in [5, 5.41) is 5.75. The number of rotatable bonds is 8. The average molecular weight is 507 g/mol. The summed E-state index contributed by atoms with van der Waals surface area (Å²) in [6.07, 6.45) is -0.00475. The van der Waals surface area contributed by atoms with E-state index in [9.17, 15) is 9.59 Å². The molecule has 6 heteroatoms. The molecule has 33 heavy (non-hydrogen) atoms. The molecule has 3 rings (SSSR count). The molecule has 0 saturated heterocycles. The number of benzene rings is 3. The molecule has 0 bridgehead atoms. The van der Waals surface area contributed by atoms with E-state index in [0.29, 0.717) is 17.0 Å². The van der Waals surface area contributed by atoms with Gasteiger partial charge in [0.25, 0.3) is 5.91 Å². The van der Waals surface area contributed by atoms with Gasteiger partial charge in [-0.2, -0.15) is 0 Å². The number of methoxy groups -OCH3 is 1. The lowest BCUT2D eigenvalue weighted by molar-refractivity contribution is -0.116. The Morgan fingerprint density at radius 3 is 2.33 bits per heavy atom. The molecule has 0 aliphatic carbocycles. The molecule has 0 fully saturated rings. The third-order valence-electron chi connectivity index (χ3n) is 5.41. The molecule has 0 spiro atoms. The van der Waals surface area contributed by atoms with Crippen LogP contribution in [0.25, 0.3) is 11.1 Å². The van der Waals surface area contributed by atoms with E-state index in [1.54, 1.807) is 12.1 Å². The quantitative estimate of drug-likeness (QED) is 0.367. The third kappa shape index (κ3) is 6.33. The van der Waals surface area contributed by atoms with E-state index < -0.39 is 6.04 Å². The van der Waals surface area contributed by atoms with Gasteiger partial charge in [0.15, 0.2) is 0 Å². The molecule has 0 aliphatic rings. The number of hydrogen-bond acceptors (Lipinski definition) is 3. The SMILES string of the molecule is C=C(OC)C(CC(=O)Nc1ccc(Br)cc1C)NC(=O)c1ccc(-c2ccccc2C)cc1. The molecule has 0 radical (unpaired) electrons. The standard InChI is InChI=1S/C27H27BrN2O3/c1-17-7-5-6-8-23(17)20-9-11-21(12-10-20)27(32)30-25(19(3)33-4)16-26(31)29-24-14-13-22(28)15-18(24)2/h5-15,25H,3,16H2,1-2,4H3,(H,29,31)(H,30,32). The van der Waals surface area contributed by atoms with Crippen molar-refractivity contribution in [3.05, 3.63) is 100 Å². The van der Waals surface area contributed by atoms with Gasteiger partial charge in [-0.25, -0.2) is 0 Å². The van der Waals surface area contributed by atoms with E-state index in [4.69, 9.17) is 4.74 Å². The van der Waals surface area contributed by atoms with Gasteiger partial charge in [0, 0.05) is 15.7 Å². The van der Waals surface area contributed by atoms with Gasteiger partial charge in [0.2, 0.25) is 5.91 Å². The number of amides is 2. The van der Waals surface area contributed by atoms with Gasteiger partial charge in [-0.1, -0.05) is 58.9 Å². The van der Waals surface area contributed by atoms with Crippen LogP contribution in [0.5, 0.6) is 0 Å². The lowest BCUT2D eigenvalue weighted by Gasteiger charge is -2.20. The van der Waals surface area contributed by atoms with Crippen LogP contribution in [0.4, 0.5) is 5.69 Å². The molecule has 0 aliphatic heterocycles. The van der Waals surface area contributed by atoms with Crippen LogP contribution < -0.4 is 10.6 Å². The average Bonchev–Trinajstić information content (AvgIpc) is 2.80. The second-order valence-electron chi connectivity index (χ2n) is 7.80. The summed E-state index contributed by atoms with van der Waals surface area (Å²) in [7, 11) is 1.47. The normalized spacial score (nSPS) is 11.4. The summed E-state index contributed by atoms with van der Waals surface area (Å²) < 4.78 is 6.17. The molecule has 3 aromatic carbocycles. The summed E-state index contributed by atoms with van der Waals surface area (Å²) in [5.41, 5.74) is 5.45. The number of halogens is 1. The van der Waals surface area contributed by atoms with E-state index in [1.165, 1.54) is 7.11 Å². The van der Waals surface area contributed by atoms with Gasteiger partial charge in [-0.3, -0.25) is 9.59 Å². The predicted octanol–water partition coefficient (Wildman–Crippen LogP) is 6.02. The fourth-order valence-electron chi connectivity index (χ4n) is 3.48. The van der Waals surface area contributed by atoms with Crippen molar-refractivity contribution in [3.63, 3.8) is 0 Å². The molecular formula is C27H27BrN2O3. The molecule has 0 heterocycles. The smallest absolute Gasteiger partial charge is 0.251 e. The van der Waals surface area contributed by atoms with Gasteiger partial charge < -0.3 is 15.4 Å². The largest absolute Gasteiger partial charge is 0.500 e. The second kappa shape index (κ2) is 11.0. The van der Waals surface area contributed by atoms with Crippen molar-refractivity contribution >= 4 is 33.4 Å². The van der Waals surface area contributed by atoms with Crippen LogP contribution >= 0.6 is 15.9 Å². The molecular weight excluding hydrogens is 480 g/mol. The Balaban J connectivity index is 1.69. The molecule has 170 valence electrons. The lowest BCUT2D eigenvalue weighted by Crippen LogP contribution is -2.39. The van der Waals surface area contributed by atoms with Crippen LogP contribution in [-0.4, -0.2) is 25.0 Å². The molecule has 5 nitrogen and oxygen atoms in total. The highest BCUT2D eigenvalue weighted by atomic mass is 79.9. The number of nitrogens with one attached hydrogen (secondary N) is 2. The minimum Gasteiger partial charge on any atom is -0.500 e. The van der Waals surface area contributed by atoms with Crippen LogP contribution in [0.15, 0.2) is 83.5 Å². The van der Waals surface area contributed by atoms with E-state index in [0.717, 1.165) is 26.7 Å². The summed E-state index contributed by atoms with van der Waals surface area (Å²) in [6.45, 7) is 7.81. The van der Waals surface area contributed by atoms with Gasteiger partial charge in [-0.05, 0) is 66.4 Å².